The number of para-hydroxylation sites is 3. The molecule has 0 radical (unpaired) electrons. The summed E-state index contributed by atoms with van der Waals surface area (Å²) in [4.78, 5) is 11.6. The van der Waals surface area contributed by atoms with Crippen molar-refractivity contribution in [3.63, 3.8) is 0 Å². The molecule has 0 atom stereocenters. The summed E-state index contributed by atoms with van der Waals surface area (Å²) in [7, 11) is 0. The molecule has 0 saturated heterocycles. The quantitative estimate of drug-likeness (QED) is 0.318. The van der Waals surface area contributed by atoms with Crippen LogP contribution >= 0.6 is 11.8 Å². The molecule has 7 nitrogen and oxygen atoms in total. The number of hydrogen-bond acceptors (Lipinski definition) is 7. The van der Waals surface area contributed by atoms with Gasteiger partial charge in [0.1, 0.15) is 17.2 Å². The zero-order valence-corrected chi connectivity index (χ0v) is 16.0. The van der Waals surface area contributed by atoms with Crippen molar-refractivity contribution in [2.24, 2.45) is 0 Å². The lowest BCUT2D eigenvalue weighted by Gasteiger charge is -2.11. The molecule has 0 N–H and O–H groups in total. The molecule has 3 rings (SSSR count). The van der Waals surface area contributed by atoms with Crippen molar-refractivity contribution >= 4 is 17.5 Å². The van der Waals surface area contributed by atoms with Gasteiger partial charge in [-0.1, -0.05) is 36.0 Å². The van der Waals surface area contributed by atoms with Crippen molar-refractivity contribution in [2.45, 2.75) is 19.0 Å². The van der Waals surface area contributed by atoms with Crippen LogP contribution in [0.3, 0.4) is 0 Å². The van der Waals surface area contributed by atoms with Gasteiger partial charge in [-0.15, -0.1) is 5.10 Å². The van der Waals surface area contributed by atoms with Crippen LogP contribution in [0.2, 0.25) is 0 Å². The average molecular weight is 384 g/mol. The van der Waals surface area contributed by atoms with Crippen LogP contribution in [0.5, 0.6) is 11.5 Å². The molecule has 2 aromatic carbocycles. The van der Waals surface area contributed by atoms with E-state index in [0.717, 1.165) is 11.4 Å². The summed E-state index contributed by atoms with van der Waals surface area (Å²) in [5.74, 6) is 1.92. The highest BCUT2D eigenvalue weighted by Crippen LogP contribution is 2.26. The Bertz CT molecular complexity index is 913. The van der Waals surface area contributed by atoms with Crippen LogP contribution in [-0.4, -0.2) is 45.0 Å². The third kappa shape index (κ3) is 4.65. The molecule has 27 heavy (non-hydrogen) atoms. The molecule has 0 saturated carbocycles. The highest BCUT2D eigenvalue weighted by atomic mass is 32.2. The summed E-state index contributed by atoms with van der Waals surface area (Å²) < 4.78 is 13.1. The number of benzene rings is 2. The predicted molar refractivity (Wildman–Crippen MR) is 103 cm³/mol. The Kier molecular flexibility index (Phi) is 6.43. The fourth-order valence-electron chi connectivity index (χ4n) is 2.50. The maximum absolute atomic E-state index is 11.6. The topological polar surface area (TPSA) is 79.1 Å². The summed E-state index contributed by atoms with van der Waals surface area (Å²) in [6.07, 6.45) is 0. The maximum atomic E-state index is 11.6. The first-order chi connectivity index (χ1) is 13.2. The van der Waals surface area contributed by atoms with Crippen LogP contribution in [0.4, 0.5) is 0 Å². The third-order valence-corrected chi connectivity index (χ3v) is 4.56. The number of rotatable bonds is 9. The maximum Gasteiger partial charge on any atom is 0.214 e. The molecular weight excluding hydrogens is 364 g/mol. The van der Waals surface area contributed by atoms with E-state index in [4.69, 9.17) is 9.47 Å². The van der Waals surface area contributed by atoms with Crippen LogP contribution in [-0.2, 0) is 0 Å². The van der Waals surface area contributed by atoms with E-state index in [-0.39, 0.29) is 5.78 Å². The summed E-state index contributed by atoms with van der Waals surface area (Å²) in [6.45, 7) is 4.45. The Morgan fingerprint density at radius 2 is 1.81 bits per heavy atom. The second kappa shape index (κ2) is 9.18. The molecule has 1 aromatic heterocycles. The molecule has 0 fully saturated rings. The molecule has 1 heterocycles. The van der Waals surface area contributed by atoms with E-state index in [0.29, 0.717) is 35.4 Å². The van der Waals surface area contributed by atoms with Gasteiger partial charge in [-0.3, -0.25) is 4.79 Å². The van der Waals surface area contributed by atoms with E-state index in [2.05, 4.69) is 15.5 Å². The number of ether oxygens (including phenoxy) is 2. The molecule has 140 valence electrons. The van der Waals surface area contributed by atoms with Crippen molar-refractivity contribution in [2.75, 3.05) is 19.0 Å². The Morgan fingerprint density at radius 3 is 2.59 bits per heavy atom. The number of aromatic nitrogens is 4. The van der Waals surface area contributed by atoms with Crippen LogP contribution in [0, 0.1) is 0 Å². The monoisotopic (exact) mass is 384 g/mol. The van der Waals surface area contributed by atoms with Crippen molar-refractivity contribution in [1.82, 2.24) is 20.2 Å². The first-order valence-corrected chi connectivity index (χ1v) is 9.55. The van der Waals surface area contributed by atoms with Gasteiger partial charge in [0.05, 0.1) is 18.8 Å². The minimum Gasteiger partial charge on any atom is -0.492 e. The van der Waals surface area contributed by atoms with Crippen molar-refractivity contribution < 1.29 is 14.3 Å². The van der Waals surface area contributed by atoms with E-state index >= 15 is 0 Å². The third-order valence-electron chi connectivity index (χ3n) is 3.67. The first-order valence-electron chi connectivity index (χ1n) is 8.57. The molecule has 3 aromatic rings. The van der Waals surface area contributed by atoms with E-state index < -0.39 is 0 Å². The Morgan fingerprint density at radius 1 is 1.07 bits per heavy atom. The predicted octanol–water partition coefficient (Wildman–Crippen LogP) is 3.43. The number of hydrogen-bond donors (Lipinski definition) is 0. The van der Waals surface area contributed by atoms with Gasteiger partial charge in [-0.2, -0.15) is 4.68 Å². The second-order valence-corrected chi connectivity index (χ2v) is 6.59. The van der Waals surface area contributed by atoms with Crippen LogP contribution in [0.15, 0.2) is 53.7 Å². The normalized spacial score (nSPS) is 10.6. The molecule has 0 bridgehead atoms. The van der Waals surface area contributed by atoms with Gasteiger partial charge < -0.3 is 9.47 Å². The highest BCUT2D eigenvalue weighted by Gasteiger charge is 2.13. The number of tetrazole rings is 1. The van der Waals surface area contributed by atoms with E-state index in [1.165, 1.54) is 18.7 Å². The van der Waals surface area contributed by atoms with E-state index in [9.17, 15) is 4.79 Å². The van der Waals surface area contributed by atoms with Gasteiger partial charge in [-0.25, -0.2) is 0 Å². The molecule has 0 aliphatic carbocycles. The number of nitrogens with zero attached hydrogens (tertiary/aromatic N) is 4. The molecule has 0 aliphatic heterocycles. The number of carbonyl (C=O) groups excluding carboxylic acids is 1. The summed E-state index contributed by atoms with van der Waals surface area (Å²) in [6, 6.07) is 14.8. The number of Topliss-reactive ketones (excluding diaryl/α,β-unsaturated/α-hetero) is 1. The lowest BCUT2D eigenvalue weighted by molar-refractivity contribution is 0.101. The van der Waals surface area contributed by atoms with Crippen LogP contribution in [0.1, 0.15) is 24.2 Å². The smallest absolute Gasteiger partial charge is 0.214 e. The van der Waals surface area contributed by atoms with E-state index in [1.807, 2.05) is 43.3 Å². The van der Waals surface area contributed by atoms with Gasteiger partial charge in [0.25, 0.3) is 0 Å². The first kappa shape index (κ1) is 18.9. The van der Waals surface area contributed by atoms with Gasteiger partial charge in [0.15, 0.2) is 5.78 Å². The number of ketones is 1. The van der Waals surface area contributed by atoms with Gasteiger partial charge >= 0.3 is 0 Å². The lowest BCUT2D eigenvalue weighted by Crippen LogP contribution is -2.06. The van der Waals surface area contributed by atoms with E-state index in [1.54, 1.807) is 16.8 Å². The van der Waals surface area contributed by atoms with Gasteiger partial charge in [-0.05, 0) is 48.5 Å². The molecule has 0 aliphatic rings. The Balaban J connectivity index is 1.64. The highest BCUT2D eigenvalue weighted by molar-refractivity contribution is 7.99. The van der Waals surface area contributed by atoms with Crippen molar-refractivity contribution in [1.29, 1.82) is 0 Å². The zero-order valence-electron chi connectivity index (χ0n) is 15.2. The standard InChI is InChI=1S/C19H20N4O3S/c1-3-25-18-11-7-5-9-16(18)23-19(20-21-22-23)27-13-12-26-17-10-6-4-8-15(17)14(2)24/h4-11H,3,12-13H2,1-2H3. The lowest BCUT2D eigenvalue weighted by atomic mass is 10.1. The molecular formula is C19H20N4O3S. The fraction of sp³-hybridized carbons (Fsp3) is 0.263. The summed E-state index contributed by atoms with van der Waals surface area (Å²) >= 11 is 1.47. The summed E-state index contributed by atoms with van der Waals surface area (Å²) in [5, 5.41) is 12.6. The fourth-order valence-corrected chi connectivity index (χ4v) is 3.20. The SMILES string of the molecule is CCOc1ccccc1-n1nnnc1SCCOc1ccccc1C(C)=O. The largest absolute Gasteiger partial charge is 0.492 e. The van der Waals surface area contributed by atoms with Gasteiger partial charge in [0.2, 0.25) is 5.16 Å². The number of carbonyl (C=O) groups is 1. The summed E-state index contributed by atoms with van der Waals surface area (Å²) in [5.41, 5.74) is 1.37. The van der Waals surface area contributed by atoms with Crippen molar-refractivity contribution in [3.05, 3.63) is 54.1 Å². The van der Waals surface area contributed by atoms with Crippen molar-refractivity contribution in [3.8, 4) is 17.2 Å². The second-order valence-electron chi connectivity index (χ2n) is 5.52. The van der Waals surface area contributed by atoms with Crippen LogP contribution < -0.4 is 9.47 Å². The molecule has 0 amide bonds. The van der Waals surface area contributed by atoms with Crippen LogP contribution in [0.25, 0.3) is 5.69 Å². The molecule has 0 unspecified atom stereocenters. The average Bonchev–Trinajstić information content (AvgIpc) is 3.14. The minimum atomic E-state index is -0.0188. The zero-order chi connectivity index (χ0) is 19.1. The minimum absolute atomic E-state index is 0.0188. The van der Waals surface area contributed by atoms with Gasteiger partial charge in [0, 0.05) is 5.75 Å². The Hall–Kier alpha value is -2.87. The number of thioether (sulfide) groups is 1. The Labute approximate surface area is 161 Å². The molecule has 8 heteroatoms. The molecule has 0 spiro atoms.